The first-order valence-corrected chi connectivity index (χ1v) is 8.45. The van der Waals surface area contributed by atoms with Gasteiger partial charge in [-0.25, -0.2) is 9.37 Å². The molecule has 0 radical (unpaired) electrons. The van der Waals surface area contributed by atoms with Gasteiger partial charge in [-0.2, -0.15) is 0 Å². The van der Waals surface area contributed by atoms with Crippen molar-refractivity contribution < 1.29 is 9.18 Å². The molecule has 3 aromatic carbocycles. The minimum Gasteiger partial charge on any atom is -0.298 e. The van der Waals surface area contributed by atoms with Crippen LogP contribution in [0.25, 0.3) is 22.2 Å². The SMILES string of the molecule is O=Cc1ccc(C#Cc2ccc3nc(-c4ccc(F)cc4)ccc3c2)cc1. The summed E-state index contributed by atoms with van der Waals surface area (Å²) in [7, 11) is 0. The van der Waals surface area contributed by atoms with Gasteiger partial charge in [0.1, 0.15) is 12.1 Å². The number of pyridine rings is 1. The Morgan fingerprint density at radius 3 is 2.22 bits per heavy atom. The first kappa shape index (κ1) is 16.7. The van der Waals surface area contributed by atoms with Crippen LogP contribution in [-0.2, 0) is 0 Å². The molecule has 4 rings (SSSR count). The van der Waals surface area contributed by atoms with Gasteiger partial charge in [-0.3, -0.25) is 4.79 Å². The summed E-state index contributed by atoms with van der Waals surface area (Å²) in [6.45, 7) is 0. The fourth-order valence-corrected chi connectivity index (χ4v) is 2.77. The summed E-state index contributed by atoms with van der Waals surface area (Å²) in [6.07, 6.45) is 0.813. The molecule has 0 spiro atoms. The average molecular weight is 351 g/mol. The average Bonchev–Trinajstić information content (AvgIpc) is 2.72. The highest BCUT2D eigenvalue weighted by molar-refractivity contribution is 5.83. The van der Waals surface area contributed by atoms with Crippen LogP contribution in [0.5, 0.6) is 0 Å². The van der Waals surface area contributed by atoms with E-state index < -0.39 is 0 Å². The maximum Gasteiger partial charge on any atom is 0.150 e. The minimum absolute atomic E-state index is 0.261. The Labute approximate surface area is 156 Å². The van der Waals surface area contributed by atoms with Crippen LogP contribution in [0.4, 0.5) is 4.39 Å². The van der Waals surface area contributed by atoms with Gasteiger partial charge in [0.05, 0.1) is 11.2 Å². The number of nitrogens with zero attached hydrogens (tertiary/aromatic N) is 1. The maximum atomic E-state index is 13.1. The lowest BCUT2D eigenvalue weighted by Gasteiger charge is -2.04. The van der Waals surface area contributed by atoms with Gasteiger partial charge in [0, 0.05) is 27.6 Å². The number of benzene rings is 3. The molecule has 0 aliphatic heterocycles. The molecule has 0 aliphatic rings. The molecular formula is C24H14FNO. The van der Waals surface area contributed by atoms with Crippen LogP contribution in [-0.4, -0.2) is 11.3 Å². The molecule has 2 nitrogen and oxygen atoms in total. The zero-order chi connectivity index (χ0) is 18.6. The van der Waals surface area contributed by atoms with Crippen LogP contribution >= 0.6 is 0 Å². The van der Waals surface area contributed by atoms with Gasteiger partial charge in [0.15, 0.2) is 0 Å². The van der Waals surface area contributed by atoms with Crippen molar-refractivity contribution in [2.24, 2.45) is 0 Å². The fourth-order valence-electron chi connectivity index (χ4n) is 2.77. The van der Waals surface area contributed by atoms with Gasteiger partial charge in [0.25, 0.3) is 0 Å². The predicted octanol–water partition coefficient (Wildman–Crippen LogP) is 5.25. The molecule has 3 heteroatoms. The molecule has 0 bridgehead atoms. The number of halogens is 1. The van der Waals surface area contributed by atoms with Crippen LogP contribution in [0.3, 0.4) is 0 Å². The van der Waals surface area contributed by atoms with Crippen LogP contribution in [0.2, 0.25) is 0 Å². The lowest BCUT2D eigenvalue weighted by atomic mass is 10.1. The molecule has 0 saturated carbocycles. The molecule has 0 amide bonds. The Morgan fingerprint density at radius 2 is 1.48 bits per heavy atom. The van der Waals surface area contributed by atoms with E-state index in [0.717, 1.165) is 39.6 Å². The zero-order valence-electron chi connectivity index (χ0n) is 14.3. The maximum absolute atomic E-state index is 13.1. The molecule has 4 aromatic rings. The molecule has 0 aliphatic carbocycles. The Balaban J connectivity index is 1.63. The first-order valence-electron chi connectivity index (χ1n) is 8.45. The van der Waals surface area contributed by atoms with E-state index in [2.05, 4.69) is 16.8 Å². The van der Waals surface area contributed by atoms with Crippen molar-refractivity contribution in [2.75, 3.05) is 0 Å². The number of carbonyl (C=O) groups is 1. The van der Waals surface area contributed by atoms with E-state index >= 15 is 0 Å². The number of aromatic nitrogens is 1. The zero-order valence-corrected chi connectivity index (χ0v) is 14.3. The smallest absolute Gasteiger partial charge is 0.150 e. The first-order chi connectivity index (χ1) is 13.2. The number of hydrogen-bond donors (Lipinski definition) is 0. The van der Waals surface area contributed by atoms with Gasteiger partial charge in [-0.1, -0.05) is 30.0 Å². The van der Waals surface area contributed by atoms with Crippen molar-refractivity contribution in [1.82, 2.24) is 4.98 Å². The van der Waals surface area contributed by atoms with Gasteiger partial charge in [0.2, 0.25) is 0 Å². The Morgan fingerprint density at radius 1 is 0.778 bits per heavy atom. The highest BCUT2D eigenvalue weighted by atomic mass is 19.1. The largest absolute Gasteiger partial charge is 0.298 e. The summed E-state index contributed by atoms with van der Waals surface area (Å²) in [6, 6.07) is 23.2. The number of fused-ring (bicyclic) bond motifs is 1. The summed E-state index contributed by atoms with van der Waals surface area (Å²) >= 11 is 0. The molecule has 27 heavy (non-hydrogen) atoms. The van der Waals surface area contributed by atoms with Crippen molar-refractivity contribution in [3.05, 3.63) is 101 Å². The number of carbonyl (C=O) groups excluding carboxylic acids is 1. The van der Waals surface area contributed by atoms with Crippen LogP contribution in [0.15, 0.2) is 78.9 Å². The van der Waals surface area contributed by atoms with E-state index in [1.165, 1.54) is 12.1 Å². The second kappa shape index (κ2) is 7.23. The standard InChI is InChI=1S/C24H14FNO/c25-22-11-8-20(9-12-22)23-14-10-21-15-18(7-13-24(21)26-23)4-1-17-2-5-19(16-27)6-3-17/h2-3,5-16H. The molecule has 128 valence electrons. The van der Waals surface area contributed by atoms with Crippen molar-refractivity contribution in [3.8, 4) is 23.1 Å². The summed E-state index contributed by atoms with van der Waals surface area (Å²) in [5, 5.41) is 0.990. The molecule has 0 unspecified atom stereocenters. The molecule has 0 N–H and O–H groups in total. The van der Waals surface area contributed by atoms with E-state index in [1.807, 2.05) is 42.5 Å². The second-order valence-electron chi connectivity index (χ2n) is 6.10. The lowest BCUT2D eigenvalue weighted by Crippen LogP contribution is -1.87. The van der Waals surface area contributed by atoms with E-state index in [0.29, 0.717) is 5.56 Å². The van der Waals surface area contributed by atoms with Crippen LogP contribution in [0, 0.1) is 17.7 Å². The third-order valence-corrected chi connectivity index (χ3v) is 4.23. The van der Waals surface area contributed by atoms with E-state index in [4.69, 9.17) is 0 Å². The van der Waals surface area contributed by atoms with Gasteiger partial charge in [-0.05, 0) is 60.7 Å². The monoisotopic (exact) mass is 351 g/mol. The van der Waals surface area contributed by atoms with E-state index in [9.17, 15) is 9.18 Å². The van der Waals surface area contributed by atoms with Gasteiger partial charge >= 0.3 is 0 Å². The lowest BCUT2D eigenvalue weighted by molar-refractivity contribution is 0.112. The molecule has 0 atom stereocenters. The van der Waals surface area contributed by atoms with Crippen molar-refractivity contribution in [2.45, 2.75) is 0 Å². The molecule has 1 aromatic heterocycles. The fraction of sp³-hybridized carbons (Fsp3) is 0. The van der Waals surface area contributed by atoms with Gasteiger partial charge < -0.3 is 0 Å². The molecule has 0 fully saturated rings. The van der Waals surface area contributed by atoms with Crippen LogP contribution in [0.1, 0.15) is 21.5 Å². The van der Waals surface area contributed by atoms with Crippen molar-refractivity contribution >= 4 is 17.2 Å². The summed E-state index contributed by atoms with van der Waals surface area (Å²) in [5.41, 5.74) is 4.91. The van der Waals surface area contributed by atoms with E-state index in [-0.39, 0.29) is 5.82 Å². The second-order valence-corrected chi connectivity index (χ2v) is 6.10. The Kier molecular flexibility index (Phi) is 4.47. The van der Waals surface area contributed by atoms with Crippen molar-refractivity contribution in [1.29, 1.82) is 0 Å². The minimum atomic E-state index is -0.261. The van der Waals surface area contributed by atoms with Crippen molar-refractivity contribution in [3.63, 3.8) is 0 Å². The highest BCUT2D eigenvalue weighted by Gasteiger charge is 2.02. The summed E-state index contributed by atoms with van der Waals surface area (Å²) < 4.78 is 13.1. The normalized spacial score (nSPS) is 10.3. The third kappa shape index (κ3) is 3.75. The Bertz CT molecular complexity index is 1180. The third-order valence-electron chi connectivity index (χ3n) is 4.23. The highest BCUT2D eigenvalue weighted by Crippen LogP contribution is 2.22. The predicted molar refractivity (Wildman–Crippen MR) is 105 cm³/mol. The molecular weight excluding hydrogens is 337 g/mol. The number of rotatable bonds is 2. The quantitative estimate of drug-likeness (QED) is 0.364. The van der Waals surface area contributed by atoms with Crippen LogP contribution < -0.4 is 0 Å². The van der Waals surface area contributed by atoms with E-state index in [1.54, 1.807) is 24.3 Å². The summed E-state index contributed by atoms with van der Waals surface area (Å²) in [4.78, 5) is 15.3. The Hall–Kier alpha value is -3.77. The molecule has 0 saturated heterocycles. The van der Waals surface area contributed by atoms with Gasteiger partial charge in [-0.15, -0.1) is 0 Å². The number of aldehydes is 1. The molecule has 1 heterocycles. The topological polar surface area (TPSA) is 30.0 Å². The summed E-state index contributed by atoms with van der Waals surface area (Å²) in [5.74, 6) is 5.97. The number of hydrogen-bond acceptors (Lipinski definition) is 2.